The molecule has 4 nitrogen and oxygen atoms in total. The molecule has 1 unspecified atom stereocenters. The van der Waals surface area contributed by atoms with E-state index in [0.717, 1.165) is 18.8 Å². The van der Waals surface area contributed by atoms with Crippen LogP contribution in [0.1, 0.15) is 65.7 Å². The number of esters is 2. The summed E-state index contributed by atoms with van der Waals surface area (Å²) in [6.45, 7) is 7.08. The van der Waals surface area contributed by atoms with Gasteiger partial charge in [-0.1, -0.05) is 69.3 Å². The molecule has 0 spiro atoms. The lowest BCUT2D eigenvalue weighted by Gasteiger charge is -2.12. The Morgan fingerprint density at radius 2 is 1.67 bits per heavy atom. The normalized spacial score (nSPS) is 12.1. The lowest BCUT2D eigenvalue weighted by Crippen LogP contribution is -2.11. The summed E-state index contributed by atoms with van der Waals surface area (Å²) < 4.78 is 10.4. The topological polar surface area (TPSA) is 52.6 Å². The number of halogens is 2. The summed E-state index contributed by atoms with van der Waals surface area (Å²) in [5, 5.41) is 0.526. The van der Waals surface area contributed by atoms with Crippen LogP contribution in [0.2, 0.25) is 10.0 Å². The molecule has 0 N–H and O–H groups in total. The van der Waals surface area contributed by atoms with E-state index < -0.39 is 5.97 Å². The Labute approximate surface area is 172 Å². The van der Waals surface area contributed by atoms with Crippen molar-refractivity contribution in [3.63, 3.8) is 0 Å². The number of hydrogen-bond acceptors (Lipinski definition) is 4. The minimum absolute atomic E-state index is 0.115. The van der Waals surface area contributed by atoms with Crippen LogP contribution in [0.3, 0.4) is 0 Å². The molecule has 1 rings (SSSR count). The second-order valence-electron chi connectivity index (χ2n) is 7.32. The molecule has 0 fully saturated rings. The highest BCUT2D eigenvalue weighted by atomic mass is 35.5. The average Bonchev–Trinajstić information content (AvgIpc) is 2.58. The molecule has 1 aromatic rings. The summed E-state index contributed by atoms with van der Waals surface area (Å²) in [6.07, 6.45) is 5.17. The molecular weight excluding hydrogens is 387 g/mol. The van der Waals surface area contributed by atoms with Crippen molar-refractivity contribution in [2.75, 3.05) is 6.61 Å². The number of carbonyl (C=O) groups excluding carboxylic acids is 2. The van der Waals surface area contributed by atoms with E-state index in [9.17, 15) is 9.59 Å². The monoisotopic (exact) mass is 416 g/mol. The van der Waals surface area contributed by atoms with Crippen molar-refractivity contribution < 1.29 is 19.1 Å². The summed E-state index contributed by atoms with van der Waals surface area (Å²) >= 11 is 11.8. The van der Waals surface area contributed by atoms with E-state index in [0.29, 0.717) is 24.0 Å². The van der Waals surface area contributed by atoms with E-state index in [1.54, 1.807) is 18.2 Å². The molecule has 0 aliphatic heterocycles. The molecule has 0 amide bonds. The average molecular weight is 417 g/mol. The maximum atomic E-state index is 11.8. The lowest BCUT2D eigenvalue weighted by molar-refractivity contribution is -0.144. The molecular formula is C21H30Cl2O4. The number of hydrogen-bond donors (Lipinski definition) is 0. The summed E-state index contributed by atoms with van der Waals surface area (Å²) in [5.74, 6) is 0.775. The van der Waals surface area contributed by atoms with E-state index in [1.807, 2.05) is 0 Å². The molecule has 0 aromatic heterocycles. The summed E-state index contributed by atoms with van der Waals surface area (Å²) in [5.41, 5.74) is 0. The van der Waals surface area contributed by atoms with Crippen molar-refractivity contribution in [2.24, 2.45) is 11.8 Å². The second-order valence-corrected chi connectivity index (χ2v) is 8.10. The van der Waals surface area contributed by atoms with E-state index in [4.69, 9.17) is 32.7 Å². The van der Waals surface area contributed by atoms with E-state index in [-0.39, 0.29) is 29.6 Å². The fourth-order valence-electron chi connectivity index (χ4n) is 2.58. The molecule has 0 heterocycles. The van der Waals surface area contributed by atoms with Gasteiger partial charge in [0.1, 0.15) is 5.02 Å². The van der Waals surface area contributed by atoms with E-state index in [1.165, 1.54) is 12.8 Å². The highest BCUT2D eigenvalue weighted by Gasteiger charge is 2.12. The zero-order valence-electron chi connectivity index (χ0n) is 16.4. The molecule has 1 atom stereocenters. The Balaban J connectivity index is 2.14. The third kappa shape index (κ3) is 10.6. The molecule has 6 heteroatoms. The van der Waals surface area contributed by atoms with Gasteiger partial charge in [-0.15, -0.1) is 0 Å². The first-order valence-corrected chi connectivity index (χ1v) is 10.4. The van der Waals surface area contributed by atoms with Crippen molar-refractivity contribution in [3.8, 4) is 5.75 Å². The smallest absolute Gasteiger partial charge is 0.311 e. The third-order valence-electron chi connectivity index (χ3n) is 4.25. The number of rotatable bonds is 12. The molecule has 0 aliphatic rings. The Morgan fingerprint density at radius 1 is 0.963 bits per heavy atom. The van der Waals surface area contributed by atoms with Crippen LogP contribution in [-0.2, 0) is 14.3 Å². The van der Waals surface area contributed by atoms with Gasteiger partial charge in [-0.2, -0.15) is 0 Å². The van der Waals surface area contributed by atoms with Crippen molar-refractivity contribution >= 4 is 35.1 Å². The number of carbonyl (C=O) groups is 2. The van der Waals surface area contributed by atoms with Crippen LogP contribution in [0.4, 0.5) is 0 Å². The van der Waals surface area contributed by atoms with Gasteiger partial charge in [-0.3, -0.25) is 9.59 Å². The van der Waals surface area contributed by atoms with Crippen LogP contribution >= 0.6 is 23.2 Å². The van der Waals surface area contributed by atoms with Crippen molar-refractivity contribution in [1.82, 2.24) is 0 Å². The van der Waals surface area contributed by atoms with E-state index >= 15 is 0 Å². The molecule has 1 aromatic carbocycles. The number of benzene rings is 1. The lowest BCUT2D eigenvalue weighted by atomic mass is 9.98. The van der Waals surface area contributed by atoms with Crippen LogP contribution in [0.25, 0.3) is 0 Å². The van der Waals surface area contributed by atoms with Crippen LogP contribution < -0.4 is 4.74 Å². The SMILES string of the molecule is CC(C)CCCC(C)CCOC(=O)CCCC(=O)Oc1cccc(Cl)c1Cl. The first kappa shape index (κ1) is 23.8. The van der Waals surface area contributed by atoms with E-state index in [2.05, 4.69) is 20.8 Å². The molecule has 0 bridgehead atoms. The van der Waals surface area contributed by atoms with Gasteiger partial charge in [0.2, 0.25) is 0 Å². The quantitative estimate of drug-likeness (QED) is 0.289. The third-order valence-corrected chi connectivity index (χ3v) is 5.06. The van der Waals surface area contributed by atoms with Gasteiger partial charge in [0.05, 0.1) is 11.6 Å². The Kier molecular flexibility index (Phi) is 11.5. The van der Waals surface area contributed by atoms with Gasteiger partial charge in [0.15, 0.2) is 5.75 Å². The van der Waals surface area contributed by atoms with Crippen LogP contribution in [-0.4, -0.2) is 18.5 Å². The maximum absolute atomic E-state index is 11.8. The highest BCUT2D eigenvalue weighted by Crippen LogP contribution is 2.31. The Hall–Kier alpha value is -1.26. The van der Waals surface area contributed by atoms with Gasteiger partial charge < -0.3 is 9.47 Å². The number of ether oxygens (including phenoxy) is 2. The predicted octanol–water partition coefficient (Wildman–Crippen LogP) is 6.46. The van der Waals surface area contributed by atoms with Gasteiger partial charge in [0.25, 0.3) is 0 Å². The first-order valence-electron chi connectivity index (χ1n) is 9.60. The minimum Gasteiger partial charge on any atom is -0.466 e. The van der Waals surface area contributed by atoms with Crippen molar-refractivity contribution in [3.05, 3.63) is 28.2 Å². The second kappa shape index (κ2) is 13.0. The molecule has 27 heavy (non-hydrogen) atoms. The van der Waals surface area contributed by atoms with Crippen LogP contribution in [0.15, 0.2) is 18.2 Å². The van der Waals surface area contributed by atoms with Gasteiger partial charge in [-0.25, -0.2) is 0 Å². The van der Waals surface area contributed by atoms with Crippen molar-refractivity contribution in [2.45, 2.75) is 65.7 Å². The molecule has 0 aliphatic carbocycles. The van der Waals surface area contributed by atoms with Crippen LogP contribution in [0.5, 0.6) is 5.75 Å². The molecule has 0 saturated heterocycles. The van der Waals surface area contributed by atoms with Gasteiger partial charge in [0, 0.05) is 12.8 Å². The maximum Gasteiger partial charge on any atom is 0.311 e. The zero-order chi connectivity index (χ0) is 20.2. The molecule has 152 valence electrons. The van der Waals surface area contributed by atoms with Gasteiger partial charge in [-0.05, 0) is 36.8 Å². The largest absolute Gasteiger partial charge is 0.466 e. The summed E-state index contributed by atoms with van der Waals surface area (Å²) in [6, 6.07) is 4.84. The summed E-state index contributed by atoms with van der Waals surface area (Å²) in [4.78, 5) is 23.6. The zero-order valence-corrected chi connectivity index (χ0v) is 17.9. The van der Waals surface area contributed by atoms with Gasteiger partial charge >= 0.3 is 11.9 Å². The fourth-order valence-corrected chi connectivity index (χ4v) is 2.91. The minimum atomic E-state index is -0.453. The van der Waals surface area contributed by atoms with Crippen molar-refractivity contribution in [1.29, 1.82) is 0 Å². The summed E-state index contributed by atoms with van der Waals surface area (Å²) in [7, 11) is 0. The highest BCUT2D eigenvalue weighted by molar-refractivity contribution is 6.43. The van der Waals surface area contributed by atoms with Crippen LogP contribution in [0, 0.1) is 11.8 Å². The predicted molar refractivity (Wildman–Crippen MR) is 109 cm³/mol. The Bertz CT molecular complexity index is 602. The Morgan fingerprint density at radius 3 is 2.37 bits per heavy atom. The first-order chi connectivity index (χ1) is 12.8. The molecule has 0 radical (unpaired) electrons. The molecule has 0 saturated carbocycles. The fraction of sp³-hybridized carbons (Fsp3) is 0.619. The standard InChI is InChI=1S/C21H30Cl2O4/c1-15(2)7-4-8-16(3)13-14-26-19(24)11-6-12-20(25)27-18-10-5-9-17(22)21(18)23/h5,9-10,15-16H,4,6-8,11-14H2,1-3H3.